The number of nitrogens with one attached hydrogen (secondary N) is 2. The van der Waals surface area contributed by atoms with Gasteiger partial charge in [0.2, 0.25) is 0 Å². The van der Waals surface area contributed by atoms with Crippen LogP contribution in [0.3, 0.4) is 0 Å². The lowest BCUT2D eigenvalue weighted by molar-refractivity contribution is 1.48. The third kappa shape index (κ3) is 3.49. The third-order valence-electron chi connectivity index (χ3n) is 3.08. The zero-order valence-electron chi connectivity index (χ0n) is 12.0. The molecule has 22 heavy (non-hydrogen) atoms. The molecule has 2 aromatic rings. The molecule has 0 aliphatic carbocycles. The molecular formula is C18H16N4. The fourth-order valence-electron chi connectivity index (χ4n) is 2.03. The summed E-state index contributed by atoms with van der Waals surface area (Å²) in [5.74, 6) is 0. The molecule has 108 valence electrons. The Balaban J connectivity index is 1.92. The van der Waals surface area contributed by atoms with Gasteiger partial charge in [-0.05, 0) is 36.4 Å². The van der Waals surface area contributed by atoms with E-state index in [0.717, 1.165) is 22.7 Å². The topological polar surface area (TPSA) is 48.8 Å². The van der Waals surface area contributed by atoms with Crippen molar-refractivity contribution in [3.63, 3.8) is 0 Å². The van der Waals surface area contributed by atoms with Gasteiger partial charge in [0, 0.05) is 24.8 Å². The fourth-order valence-corrected chi connectivity index (χ4v) is 2.03. The van der Waals surface area contributed by atoms with Crippen LogP contribution in [0.2, 0.25) is 0 Å². The summed E-state index contributed by atoms with van der Waals surface area (Å²) in [4.78, 5) is 8.90. The summed E-state index contributed by atoms with van der Waals surface area (Å²) in [7, 11) is 0. The van der Waals surface area contributed by atoms with E-state index in [1.165, 1.54) is 0 Å². The number of benzene rings is 2. The van der Waals surface area contributed by atoms with Crippen LogP contribution in [0.1, 0.15) is 0 Å². The monoisotopic (exact) mass is 288 g/mol. The largest absolute Gasteiger partial charge is 0.360 e. The zero-order valence-corrected chi connectivity index (χ0v) is 12.0. The lowest BCUT2D eigenvalue weighted by Crippen LogP contribution is -1.90. The maximum atomic E-state index is 4.45. The molecule has 0 bridgehead atoms. The van der Waals surface area contributed by atoms with Crippen LogP contribution in [0.25, 0.3) is 0 Å². The van der Waals surface area contributed by atoms with Gasteiger partial charge < -0.3 is 10.6 Å². The molecule has 0 spiro atoms. The van der Waals surface area contributed by atoms with Gasteiger partial charge >= 0.3 is 0 Å². The minimum absolute atomic E-state index is 0.881. The summed E-state index contributed by atoms with van der Waals surface area (Å²) in [6, 6.07) is 15.8. The Bertz CT molecular complexity index is 692. The summed E-state index contributed by atoms with van der Waals surface area (Å²) < 4.78 is 0. The van der Waals surface area contributed by atoms with Gasteiger partial charge in [-0.1, -0.05) is 24.3 Å². The molecule has 2 N–H and O–H groups in total. The van der Waals surface area contributed by atoms with Crippen molar-refractivity contribution in [2.75, 3.05) is 10.6 Å². The van der Waals surface area contributed by atoms with Crippen molar-refractivity contribution in [2.24, 2.45) is 9.98 Å². The van der Waals surface area contributed by atoms with E-state index in [-0.39, 0.29) is 0 Å². The Labute approximate surface area is 129 Å². The van der Waals surface area contributed by atoms with E-state index in [2.05, 4.69) is 20.6 Å². The summed E-state index contributed by atoms with van der Waals surface area (Å²) in [5, 5.41) is 6.43. The molecule has 2 aromatic carbocycles. The molecular weight excluding hydrogens is 272 g/mol. The first-order valence-corrected chi connectivity index (χ1v) is 7.03. The predicted octanol–water partition coefficient (Wildman–Crippen LogP) is 4.66. The van der Waals surface area contributed by atoms with E-state index in [0.29, 0.717) is 0 Å². The van der Waals surface area contributed by atoms with Crippen molar-refractivity contribution in [3.8, 4) is 0 Å². The summed E-state index contributed by atoms with van der Waals surface area (Å²) in [6.07, 6.45) is 10.9. The van der Waals surface area contributed by atoms with Crippen molar-refractivity contribution in [2.45, 2.75) is 0 Å². The second kappa shape index (κ2) is 7.04. The number of fused-ring (bicyclic) bond motifs is 2. The highest BCUT2D eigenvalue weighted by molar-refractivity contribution is 5.82. The summed E-state index contributed by atoms with van der Waals surface area (Å²) in [5.41, 5.74) is 3.65. The van der Waals surface area contributed by atoms with Crippen molar-refractivity contribution in [1.29, 1.82) is 0 Å². The van der Waals surface area contributed by atoms with Crippen molar-refractivity contribution < 1.29 is 0 Å². The van der Waals surface area contributed by atoms with Gasteiger partial charge in [0.25, 0.3) is 0 Å². The quantitative estimate of drug-likeness (QED) is 0.741. The highest BCUT2D eigenvalue weighted by Gasteiger charge is 1.97. The van der Waals surface area contributed by atoms with E-state index < -0.39 is 0 Å². The van der Waals surface area contributed by atoms with Gasteiger partial charge in [-0.2, -0.15) is 0 Å². The van der Waals surface area contributed by atoms with E-state index in [9.17, 15) is 0 Å². The maximum absolute atomic E-state index is 4.45. The van der Waals surface area contributed by atoms with Gasteiger partial charge in [0.1, 0.15) is 0 Å². The first kappa shape index (κ1) is 13.8. The molecule has 4 nitrogen and oxygen atoms in total. The number of hydrogen-bond acceptors (Lipinski definition) is 4. The SMILES string of the molecule is C1=CNc2ccccc2N=C/C=C\Nc2ccccc2N=C1. The Hall–Kier alpha value is -3.14. The average molecular weight is 288 g/mol. The number of aliphatic imine (C=N–C) groups is 2. The second-order valence-corrected chi connectivity index (χ2v) is 4.60. The van der Waals surface area contributed by atoms with Crippen LogP contribution in [0, 0.1) is 0 Å². The molecule has 0 aromatic heterocycles. The Morgan fingerprint density at radius 2 is 1.05 bits per heavy atom. The van der Waals surface area contributed by atoms with Crippen LogP contribution in [0.5, 0.6) is 0 Å². The van der Waals surface area contributed by atoms with Gasteiger partial charge in [0.05, 0.1) is 22.7 Å². The average Bonchev–Trinajstić information content (AvgIpc) is 2.56. The van der Waals surface area contributed by atoms with E-state index >= 15 is 0 Å². The number of nitrogens with zero attached hydrogens (tertiary/aromatic N) is 2. The molecule has 0 amide bonds. The number of para-hydroxylation sites is 4. The van der Waals surface area contributed by atoms with Crippen molar-refractivity contribution in [1.82, 2.24) is 0 Å². The van der Waals surface area contributed by atoms with Crippen LogP contribution in [-0.2, 0) is 0 Å². The van der Waals surface area contributed by atoms with Gasteiger partial charge in [-0.3, -0.25) is 9.98 Å². The van der Waals surface area contributed by atoms with Gasteiger partial charge in [-0.15, -0.1) is 0 Å². The molecule has 0 saturated heterocycles. The lowest BCUT2D eigenvalue weighted by Gasteiger charge is -2.05. The van der Waals surface area contributed by atoms with Gasteiger partial charge in [0.15, 0.2) is 0 Å². The molecule has 1 aliphatic rings. The molecule has 3 rings (SSSR count). The third-order valence-corrected chi connectivity index (χ3v) is 3.08. The van der Waals surface area contributed by atoms with E-state index in [4.69, 9.17) is 0 Å². The number of hydrogen-bond donors (Lipinski definition) is 2. The summed E-state index contributed by atoms with van der Waals surface area (Å²) >= 11 is 0. The number of rotatable bonds is 0. The molecule has 0 saturated carbocycles. The van der Waals surface area contributed by atoms with Crippen LogP contribution >= 0.6 is 0 Å². The molecule has 0 unspecified atom stereocenters. The normalized spacial score (nSPS) is 14.9. The smallest absolute Gasteiger partial charge is 0.0864 e. The molecule has 0 fully saturated rings. The minimum Gasteiger partial charge on any atom is -0.360 e. The minimum atomic E-state index is 0.881. The molecule has 1 heterocycles. The highest BCUT2D eigenvalue weighted by Crippen LogP contribution is 2.25. The van der Waals surface area contributed by atoms with Crippen LogP contribution < -0.4 is 10.6 Å². The van der Waals surface area contributed by atoms with Crippen molar-refractivity contribution >= 4 is 35.2 Å². The fraction of sp³-hybridized carbons (Fsp3) is 0. The van der Waals surface area contributed by atoms with E-state index in [1.54, 1.807) is 12.4 Å². The number of anilines is 2. The lowest BCUT2D eigenvalue weighted by atomic mass is 10.2. The highest BCUT2D eigenvalue weighted by atomic mass is 14.9. The van der Waals surface area contributed by atoms with Crippen LogP contribution in [0.15, 0.2) is 83.1 Å². The van der Waals surface area contributed by atoms with Crippen molar-refractivity contribution in [3.05, 3.63) is 73.1 Å². The Morgan fingerprint density at radius 3 is 1.55 bits per heavy atom. The maximum Gasteiger partial charge on any atom is 0.0864 e. The van der Waals surface area contributed by atoms with Gasteiger partial charge in [-0.25, -0.2) is 0 Å². The second-order valence-electron chi connectivity index (χ2n) is 4.60. The molecule has 0 radical (unpaired) electrons. The Kier molecular flexibility index (Phi) is 4.42. The van der Waals surface area contributed by atoms with Crippen LogP contribution in [0.4, 0.5) is 22.7 Å². The molecule has 1 aliphatic heterocycles. The standard InChI is InChI=1S/C18H16N4/c1-2-8-16-15(7-1)19-11-5-13-21-17-9-3-4-10-18(17)22-14-6-12-20-16/h1-14,19,22H/b11-5-,14-6?,20-12?,21-13?. The first-order chi connectivity index (χ1) is 10.9. The predicted molar refractivity (Wildman–Crippen MR) is 94.7 cm³/mol. The number of allylic oxidation sites excluding steroid dienone is 2. The molecule has 0 atom stereocenters. The summed E-state index contributed by atoms with van der Waals surface area (Å²) in [6.45, 7) is 0. The Morgan fingerprint density at radius 1 is 0.591 bits per heavy atom. The zero-order chi connectivity index (χ0) is 15.0. The van der Waals surface area contributed by atoms with Crippen LogP contribution in [-0.4, -0.2) is 12.4 Å². The first-order valence-electron chi connectivity index (χ1n) is 7.03. The van der Waals surface area contributed by atoms with E-state index in [1.807, 2.05) is 73.1 Å². The molecule has 4 heteroatoms.